The van der Waals surface area contributed by atoms with E-state index in [0.29, 0.717) is 0 Å². The van der Waals surface area contributed by atoms with Crippen LogP contribution < -0.4 is 0 Å². The predicted molar refractivity (Wildman–Crippen MR) is 27.1 cm³/mol. The molecule has 0 spiro atoms. The van der Waals surface area contributed by atoms with E-state index in [-0.39, 0.29) is 0 Å². The molecule has 0 aromatic rings. The Hall–Kier alpha value is 0.510. The zero-order chi connectivity index (χ0) is 5.91. The summed E-state index contributed by atoms with van der Waals surface area (Å²) in [5.74, 6) is 0. The molecule has 0 bridgehead atoms. The van der Waals surface area contributed by atoms with Crippen molar-refractivity contribution in [3.8, 4) is 0 Å². The SMILES string of the molecule is COC(F)(F)OI. The lowest BCUT2D eigenvalue weighted by Gasteiger charge is -2.06. The Morgan fingerprint density at radius 2 is 2.00 bits per heavy atom. The lowest BCUT2D eigenvalue weighted by atomic mass is 11.3. The molecule has 0 aliphatic rings. The number of methoxy groups -OCH3 is 1. The van der Waals surface area contributed by atoms with Gasteiger partial charge in [0.1, 0.15) is 23.0 Å². The quantitative estimate of drug-likeness (QED) is 0.523. The molecule has 0 heterocycles. The van der Waals surface area contributed by atoms with Crippen molar-refractivity contribution in [2.24, 2.45) is 0 Å². The summed E-state index contributed by atoms with van der Waals surface area (Å²) in [5.41, 5.74) is 0. The fourth-order valence-electron chi connectivity index (χ4n) is 0.0315. The smallest absolute Gasteiger partial charge is 0.299 e. The molecule has 0 atom stereocenters. The molecule has 0 amide bonds. The van der Waals surface area contributed by atoms with E-state index in [0.717, 1.165) is 30.1 Å². The topological polar surface area (TPSA) is 18.5 Å². The highest BCUT2D eigenvalue weighted by Crippen LogP contribution is 2.17. The first-order valence-corrected chi connectivity index (χ1v) is 2.23. The van der Waals surface area contributed by atoms with Crippen molar-refractivity contribution in [1.29, 1.82) is 0 Å². The molecule has 0 saturated heterocycles. The second-order valence-corrected chi connectivity index (χ2v) is 1.19. The van der Waals surface area contributed by atoms with Gasteiger partial charge in [0.15, 0.2) is 0 Å². The first kappa shape index (κ1) is 7.51. The van der Waals surface area contributed by atoms with Crippen LogP contribution in [0.5, 0.6) is 0 Å². The normalized spacial score (nSPS) is 12.0. The molecule has 0 fully saturated rings. The molecule has 7 heavy (non-hydrogen) atoms. The molecular weight excluding hydrogens is 221 g/mol. The van der Waals surface area contributed by atoms with Gasteiger partial charge in [-0.3, -0.25) is 4.74 Å². The number of rotatable bonds is 2. The minimum atomic E-state index is -3.43. The second kappa shape index (κ2) is 2.73. The molecule has 0 aromatic heterocycles. The van der Waals surface area contributed by atoms with Crippen molar-refractivity contribution < 1.29 is 16.6 Å². The predicted octanol–water partition coefficient (Wildman–Crippen LogP) is 1.55. The maximum atomic E-state index is 11.4. The number of hydrogen-bond donors (Lipinski definition) is 0. The molecule has 0 radical (unpaired) electrons. The van der Waals surface area contributed by atoms with Gasteiger partial charge in [0.2, 0.25) is 0 Å². The summed E-state index contributed by atoms with van der Waals surface area (Å²) in [5, 5.41) is 0. The number of ether oxygens (including phenoxy) is 1. The van der Waals surface area contributed by atoms with Crippen LogP contribution in [0.4, 0.5) is 8.78 Å². The Balaban J connectivity index is 3.36. The molecule has 0 saturated carbocycles. The van der Waals surface area contributed by atoms with Gasteiger partial charge in [-0.15, -0.1) is 8.78 Å². The summed E-state index contributed by atoms with van der Waals surface area (Å²) in [7, 11) is 0.860. The van der Waals surface area contributed by atoms with Crippen molar-refractivity contribution in [1.82, 2.24) is 0 Å². The Kier molecular flexibility index (Phi) is 2.93. The van der Waals surface area contributed by atoms with Gasteiger partial charge in [-0.1, -0.05) is 0 Å². The fourth-order valence-corrected chi connectivity index (χ4v) is 0.211. The van der Waals surface area contributed by atoms with Crippen LogP contribution in [0.3, 0.4) is 0 Å². The van der Waals surface area contributed by atoms with E-state index < -0.39 is 6.29 Å². The van der Waals surface area contributed by atoms with E-state index in [1.807, 2.05) is 0 Å². The minimum Gasteiger partial charge on any atom is -0.299 e. The van der Waals surface area contributed by atoms with Gasteiger partial charge in [0, 0.05) is 7.11 Å². The average molecular weight is 224 g/mol. The lowest BCUT2D eigenvalue weighted by molar-refractivity contribution is -0.325. The van der Waals surface area contributed by atoms with E-state index in [9.17, 15) is 8.78 Å². The maximum Gasteiger partial charge on any atom is 0.494 e. The van der Waals surface area contributed by atoms with Crippen molar-refractivity contribution in [2.75, 3.05) is 7.11 Å². The largest absolute Gasteiger partial charge is 0.494 e. The summed E-state index contributed by atoms with van der Waals surface area (Å²) in [6.07, 6.45) is -3.43. The number of hydrogen-bond acceptors (Lipinski definition) is 2. The molecule has 44 valence electrons. The van der Waals surface area contributed by atoms with Crippen molar-refractivity contribution >= 4 is 23.0 Å². The van der Waals surface area contributed by atoms with Crippen LogP contribution in [0.1, 0.15) is 0 Å². The van der Waals surface area contributed by atoms with E-state index in [1.54, 1.807) is 0 Å². The van der Waals surface area contributed by atoms with Gasteiger partial charge in [0.05, 0.1) is 0 Å². The highest BCUT2D eigenvalue weighted by molar-refractivity contribution is 14.1. The fraction of sp³-hybridized carbons (Fsp3) is 1.00. The minimum absolute atomic E-state index is 0.860. The lowest BCUT2D eigenvalue weighted by Crippen LogP contribution is -2.17. The van der Waals surface area contributed by atoms with E-state index in [4.69, 9.17) is 0 Å². The molecule has 0 N–H and O–H groups in total. The van der Waals surface area contributed by atoms with Gasteiger partial charge in [-0.05, 0) is 0 Å². The number of alkyl halides is 2. The zero-order valence-corrected chi connectivity index (χ0v) is 5.61. The zero-order valence-electron chi connectivity index (χ0n) is 3.45. The monoisotopic (exact) mass is 224 g/mol. The summed E-state index contributed by atoms with van der Waals surface area (Å²) in [6, 6.07) is 0. The van der Waals surface area contributed by atoms with Crippen LogP contribution in [-0.4, -0.2) is 13.4 Å². The first-order valence-electron chi connectivity index (χ1n) is 1.35. The molecule has 5 heteroatoms. The summed E-state index contributed by atoms with van der Waals surface area (Å²) in [4.78, 5) is 0. The van der Waals surface area contributed by atoms with Gasteiger partial charge in [0.25, 0.3) is 0 Å². The molecule has 0 aliphatic carbocycles. The number of halogens is 3. The van der Waals surface area contributed by atoms with Gasteiger partial charge >= 0.3 is 6.29 Å². The Bertz CT molecular complexity index is 51.7. The van der Waals surface area contributed by atoms with E-state index in [1.165, 1.54) is 0 Å². The van der Waals surface area contributed by atoms with Gasteiger partial charge < -0.3 is 0 Å². The van der Waals surface area contributed by atoms with Gasteiger partial charge in [-0.25, -0.2) is 3.07 Å². The van der Waals surface area contributed by atoms with Crippen LogP contribution in [0.15, 0.2) is 0 Å². The van der Waals surface area contributed by atoms with Gasteiger partial charge in [-0.2, -0.15) is 0 Å². The summed E-state index contributed by atoms with van der Waals surface area (Å²) >= 11 is 1.06. The van der Waals surface area contributed by atoms with Crippen LogP contribution in [0, 0.1) is 0 Å². The van der Waals surface area contributed by atoms with Crippen molar-refractivity contribution in [3.05, 3.63) is 0 Å². The Labute approximate surface area is 53.5 Å². The molecule has 0 aliphatic heterocycles. The van der Waals surface area contributed by atoms with E-state index in [2.05, 4.69) is 7.80 Å². The summed E-state index contributed by atoms with van der Waals surface area (Å²) < 4.78 is 29.9. The molecule has 0 unspecified atom stereocenters. The van der Waals surface area contributed by atoms with Crippen LogP contribution >= 0.6 is 23.0 Å². The molecule has 0 aromatic carbocycles. The Morgan fingerprint density at radius 1 is 1.57 bits per heavy atom. The first-order chi connectivity index (χ1) is 3.12. The maximum absolute atomic E-state index is 11.4. The van der Waals surface area contributed by atoms with Crippen molar-refractivity contribution in [2.45, 2.75) is 6.29 Å². The van der Waals surface area contributed by atoms with E-state index >= 15 is 0 Å². The molecule has 2 nitrogen and oxygen atoms in total. The summed E-state index contributed by atoms with van der Waals surface area (Å²) in [6.45, 7) is 0. The highest BCUT2D eigenvalue weighted by Gasteiger charge is 2.28. The third-order valence-corrected chi connectivity index (χ3v) is 0.840. The molecule has 0 rings (SSSR count). The highest BCUT2D eigenvalue weighted by atomic mass is 127. The average Bonchev–Trinajstić information content (AvgIpc) is 1.68. The third-order valence-electron chi connectivity index (χ3n) is 0.327. The van der Waals surface area contributed by atoms with Crippen LogP contribution in [0.2, 0.25) is 0 Å². The van der Waals surface area contributed by atoms with Crippen molar-refractivity contribution in [3.63, 3.8) is 0 Å². The second-order valence-electron chi connectivity index (χ2n) is 0.745. The third kappa shape index (κ3) is 3.12. The van der Waals surface area contributed by atoms with Crippen LogP contribution in [-0.2, 0) is 7.80 Å². The Morgan fingerprint density at radius 3 is 2.00 bits per heavy atom. The molecular formula is C2H3F2IO2. The standard InChI is InChI=1S/C2H3F2IO2/c1-6-2(3,4)7-5/h1H3. The van der Waals surface area contributed by atoms with Crippen LogP contribution in [0.25, 0.3) is 0 Å².